The minimum absolute atomic E-state index is 0.102. The molecule has 1 rings (SSSR count). The first-order chi connectivity index (χ1) is 7.65. The van der Waals surface area contributed by atoms with Crippen molar-refractivity contribution in [1.82, 2.24) is 10.2 Å². The van der Waals surface area contributed by atoms with E-state index in [2.05, 4.69) is 31.0 Å². The summed E-state index contributed by atoms with van der Waals surface area (Å²) < 4.78 is 0. The second-order valence-electron chi connectivity index (χ2n) is 5.24. The minimum atomic E-state index is -0.102. The minimum Gasteiger partial charge on any atom is -0.394 e. The molecule has 0 spiro atoms. The third-order valence-electron chi connectivity index (χ3n) is 3.87. The molecule has 2 atom stereocenters. The van der Waals surface area contributed by atoms with E-state index in [0.29, 0.717) is 0 Å². The molecule has 0 radical (unpaired) electrons. The van der Waals surface area contributed by atoms with E-state index in [9.17, 15) is 5.11 Å². The maximum absolute atomic E-state index is 9.43. The Morgan fingerprint density at radius 2 is 2.19 bits per heavy atom. The summed E-state index contributed by atoms with van der Waals surface area (Å²) in [4.78, 5) is 2.59. The van der Waals surface area contributed by atoms with E-state index in [1.165, 1.54) is 25.8 Å². The first-order valence-electron chi connectivity index (χ1n) is 6.75. The Morgan fingerprint density at radius 1 is 1.44 bits per heavy atom. The number of rotatable bonds is 7. The lowest BCUT2D eigenvalue weighted by atomic mass is 9.98. The highest BCUT2D eigenvalue weighted by Crippen LogP contribution is 2.21. The molecule has 1 fully saturated rings. The fraction of sp³-hybridized carbons (Fsp3) is 1.00. The quantitative estimate of drug-likeness (QED) is 0.695. The molecule has 0 bridgehead atoms. The van der Waals surface area contributed by atoms with Crippen LogP contribution in [0.3, 0.4) is 0 Å². The molecular weight excluding hydrogens is 200 g/mol. The van der Waals surface area contributed by atoms with Crippen molar-refractivity contribution in [3.8, 4) is 0 Å². The Bertz CT molecular complexity index is 198. The first kappa shape index (κ1) is 13.9. The molecule has 0 aliphatic carbocycles. The Kier molecular flexibility index (Phi) is 5.73. The summed E-state index contributed by atoms with van der Waals surface area (Å²) in [5.41, 5.74) is -0.102. The topological polar surface area (TPSA) is 35.5 Å². The second kappa shape index (κ2) is 6.58. The molecule has 0 aromatic carbocycles. The van der Waals surface area contributed by atoms with Gasteiger partial charge in [0.25, 0.3) is 0 Å². The van der Waals surface area contributed by atoms with Gasteiger partial charge in [0.1, 0.15) is 0 Å². The fourth-order valence-electron chi connectivity index (χ4n) is 2.69. The van der Waals surface area contributed by atoms with Gasteiger partial charge in [0, 0.05) is 18.1 Å². The summed E-state index contributed by atoms with van der Waals surface area (Å²) in [6.07, 6.45) is 4.99. The van der Waals surface area contributed by atoms with E-state index < -0.39 is 0 Å². The highest BCUT2D eigenvalue weighted by molar-refractivity contribution is 4.86. The molecule has 0 aromatic heterocycles. The van der Waals surface area contributed by atoms with Gasteiger partial charge in [0.05, 0.1) is 6.61 Å². The SMILES string of the molecule is CCNC(C)(CO)CCN1CCCC1CC. The second-order valence-corrected chi connectivity index (χ2v) is 5.24. The van der Waals surface area contributed by atoms with Crippen LogP contribution in [-0.4, -0.2) is 47.8 Å². The number of nitrogens with zero attached hydrogens (tertiary/aromatic N) is 1. The van der Waals surface area contributed by atoms with Gasteiger partial charge >= 0.3 is 0 Å². The molecule has 3 nitrogen and oxygen atoms in total. The molecule has 1 heterocycles. The van der Waals surface area contributed by atoms with Crippen LogP contribution in [0.25, 0.3) is 0 Å². The molecule has 1 aliphatic rings. The predicted octanol–water partition coefficient (Wildman–Crippen LogP) is 1.61. The van der Waals surface area contributed by atoms with Crippen LogP contribution in [0.15, 0.2) is 0 Å². The maximum atomic E-state index is 9.43. The lowest BCUT2D eigenvalue weighted by molar-refractivity contribution is 0.142. The zero-order valence-electron chi connectivity index (χ0n) is 11.1. The molecule has 3 heteroatoms. The van der Waals surface area contributed by atoms with E-state index in [0.717, 1.165) is 25.6 Å². The highest BCUT2D eigenvalue weighted by Gasteiger charge is 2.27. The lowest BCUT2D eigenvalue weighted by Gasteiger charge is -2.32. The molecule has 1 saturated heterocycles. The number of likely N-dealkylation sites (tertiary alicyclic amines) is 1. The molecule has 96 valence electrons. The number of likely N-dealkylation sites (N-methyl/N-ethyl adjacent to an activating group) is 1. The van der Waals surface area contributed by atoms with Gasteiger partial charge in [-0.3, -0.25) is 0 Å². The highest BCUT2D eigenvalue weighted by atomic mass is 16.3. The largest absolute Gasteiger partial charge is 0.394 e. The zero-order valence-corrected chi connectivity index (χ0v) is 11.1. The number of nitrogens with one attached hydrogen (secondary N) is 1. The number of hydrogen-bond acceptors (Lipinski definition) is 3. The van der Waals surface area contributed by atoms with Crippen LogP contribution in [0.4, 0.5) is 0 Å². The van der Waals surface area contributed by atoms with E-state index >= 15 is 0 Å². The van der Waals surface area contributed by atoms with Gasteiger partial charge in [-0.1, -0.05) is 13.8 Å². The average Bonchev–Trinajstić information content (AvgIpc) is 2.74. The standard InChI is InChI=1S/C13H28N2O/c1-4-12-7-6-9-15(12)10-8-13(3,11-16)14-5-2/h12,14,16H,4-11H2,1-3H3. The number of hydrogen-bond donors (Lipinski definition) is 2. The summed E-state index contributed by atoms with van der Waals surface area (Å²) in [6, 6.07) is 0.782. The Morgan fingerprint density at radius 3 is 2.75 bits per heavy atom. The van der Waals surface area contributed by atoms with Crippen LogP contribution >= 0.6 is 0 Å². The van der Waals surface area contributed by atoms with Crippen molar-refractivity contribution in [2.24, 2.45) is 0 Å². The molecular formula is C13H28N2O. The Balaban J connectivity index is 2.36. The van der Waals surface area contributed by atoms with Gasteiger partial charge in [0.15, 0.2) is 0 Å². The molecule has 16 heavy (non-hydrogen) atoms. The summed E-state index contributed by atoms with van der Waals surface area (Å²) in [6.45, 7) is 10.00. The third-order valence-corrected chi connectivity index (χ3v) is 3.87. The van der Waals surface area contributed by atoms with E-state index in [4.69, 9.17) is 0 Å². The molecule has 1 aliphatic heterocycles. The van der Waals surface area contributed by atoms with E-state index in [1.807, 2.05) is 0 Å². The van der Waals surface area contributed by atoms with Gasteiger partial charge in [0.2, 0.25) is 0 Å². The van der Waals surface area contributed by atoms with Crippen molar-refractivity contribution in [2.75, 3.05) is 26.2 Å². The van der Waals surface area contributed by atoms with Gasteiger partial charge in [-0.25, -0.2) is 0 Å². The Hall–Kier alpha value is -0.120. The van der Waals surface area contributed by atoms with E-state index in [-0.39, 0.29) is 12.1 Å². The van der Waals surface area contributed by atoms with Crippen molar-refractivity contribution >= 4 is 0 Å². The first-order valence-corrected chi connectivity index (χ1v) is 6.75. The van der Waals surface area contributed by atoms with Crippen molar-refractivity contribution in [3.63, 3.8) is 0 Å². The lowest BCUT2D eigenvalue weighted by Crippen LogP contribution is -2.48. The molecule has 0 saturated carbocycles. The predicted molar refractivity (Wildman–Crippen MR) is 68.7 cm³/mol. The summed E-state index contributed by atoms with van der Waals surface area (Å²) in [7, 11) is 0. The summed E-state index contributed by atoms with van der Waals surface area (Å²) in [5.74, 6) is 0. The summed E-state index contributed by atoms with van der Waals surface area (Å²) >= 11 is 0. The van der Waals surface area contributed by atoms with Crippen LogP contribution in [0.5, 0.6) is 0 Å². The van der Waals surface area contributed by atoms with Crippen molar-refractivity contribution in [1.29, 1.82) is 0 Å². The van der Waals surface area contributed by atoms with Gasteiger partial charge in [-0.15, -0.1) is 0 Å². The zero-order chi connectivity index (χ0) is 12.0. The van der Waals surface area contributed by atoms with Gasteiger partial charge in [-0.2, -0.15) is 0 Å². The summed E-state index contributed by atoms with van der Waals surface area (Å²) in [5, 5.41) is 12.8. The number of aliphatic hydroxyl groups excluding tert-OH is 1. The number of aliphatic hydroxyl groups is 1. The smallest absolute Gasteiger partial charge is 0.0611 e. The Labute approximate surface area is 100 Å². The van der Waals surface area contributed by atoms with Gasteiger partial charge < -0.3 is 15.3 Å². The average molecular weight is 228 g/mol. The van der Waals surface area contributed by atoms with Gasteiger partial charge in [-0.05, 0) is 45.7 Å². The van der Waals surface area contributed by atoms with Crippen molar-refractivity contribution < 1.29 is 5.11 Å². The van der Waals surface area contributed by atoms with Crippen LogP contribution in [0.1, 0.15) is 46.5 Å². The van der Waals surface area contributed by atoms with Crippen LogP contribution in [-0.2, 0) is 0 Å². The van der Waals surface area contributed by atoms with Crippen molar-refractivity contribution in [2.45, 2.75) is 58.0 Å². The molecule has 2 unspecified atom stereocenters. The van der Waals surface area contributed by atoms with Crippen LogP contribution < -0.4 is 5.32 Å². The fourth-order valence-corrected chi connectivity index (χ4v) is 2.69. The van der Waals surface area contributed by atoms with Crippen LogP contribution in [0.2, 0.25) is 0 Å². The monoisotopic (exact) mass is 228 g/mol. The third kappa shape index (κ3) is 3.72. The van der Waals surface area contributed by atoms with Crippen LogP contribution in [0, 0.1) is 0 Å². The molecule has 2 N–H and O–H groups in total. The van der Waals surface area contributed by atoms with E-state index in [1.54, 1.807) is 0 Å². The molecule has 0 amide bonds. The van der Waals surface area contributed by atoms with Crippen molar-refractivity contribution in [3.05, 3.63) is 0 Å². The molecule has 0 aromatic rings. The maximum Gasteiger partial charge on any atom is 0.0611 e. The normalized spacial score (nSPS) is 25.9.